The van der Waals surface area contributed by atoms with Gasteiger partial charge in [0.15, 0.2) is 6.10 Å². The maximum Gasteiger partial charge on any atom is 0.471 e. The van der Waals surface area contributed by atoms with E-state index in [2.05, 4.69) is 5.32 Å². The molecule has 0 saturated heterocycles. The van der Waals surface area contributed by atoms with Crippen LogP contribution in [-0.2, 0) is 19.1 Å². The lowest BCUT2D eigenvalue weighted by Crippen LogP contribution is -2.32. The van der Waals surface area contributed by atoms with E-state index in [1.54, 1.807) is 34.6 Å². The van der Waals surface area contributed by atoms with E-state index >= 15 is 0 Å². The van der Waals surface area contributed by atoms with Crippen molar-refractivity contribution in [3.05, 3.63) is 75.3 Å². The molecule has 0 spiro atoms. The average molecular weight is 570 g/mol. The molecule has 3 aromatic carbocycles. The molecule has 0 radical (unpaired) electrons. The van der Waals surface area contributed by atoms with Crippen LogP contribution in [0.3, 0.4) is 0 Å². The molecule has 0 aliphatic rings. The first-order valence-corrected chi connectivity index (χ1v) is 13.3. The Morgan fingerprint density at radius 3 is 1.66 bits per heavy atom. The average Bonchev–Trinajstić information content (AvgIpc) is 2.86. The highest BCUT2D eigenvalue weighted by atomic mass is 19.4. The van der Waals surface area contributed by atoms with Crippen LogP contribution in [0.15, 0.2) is 36.4 Å². The number of hydrogen-bond donors (Lipinski definition) is 1. The summed E-state index contributed by atoms with van der Waals surface area (Å²) in [7, 11) is 1.23. The Kier molecular flexibility index (Phi) is 9.08. The Hall–Kier alpha value is -3.65. The third-order valence-corrected chi connectivity index (χ3v) is 7.28. The molecule has 0 fully saturated rings. The molecule has 5 nitrogen and oxygen atoms in total. The Bertz CT molecular complexity index is 1500. The Morgan fingerprint density at radius 1 is 0.756 bits per heavy atom. The number of benzene rings is 3. The molecule has 8 heteroatoms. The number of carbonyl (C=O) groups excluding carboxylic acids is 2. The number of ether oxygens (including phenoxy) is 2. The first-order chi connectivity index (χ1) is 18.9. The summed E-state index contributed by atoms with van der Waals surface area (Å²) < 4.78 is 52.2. The molecule has 0 bridgehead atoms. The lowest BCUT2D eigenvalue weighted by atomic mass is 9.81. The zero-order chi connectivity index (χ0) is 31.0. The minimum Gasteiger partial charge on any atom is -0.467 e. The van der Waals surface area contributed by atoms with Crippen molar-refractivity contribution >= 4 is 17.6 Å². The van der Waals surface area contributed by atoms with Gasteiger partial charge in [-0.2, -0.15) is 13.2 Å². The molecular formula is C33H38F3NO4. The van der Waals surface area contributed by atoms with Crippen LogP contribution in [0.2, 0.25) is 0 Å². The van der Waals surface area contributed by atoms with Gasteiger partial charge in [0.2, 0.25) is 0 Å². The van der Waals surface area contributed by atoms with E-state index in [-0.39, 0.29) is 11.3 Å². The molecule has 220 valence electrons. The molecular weight excluding hydrogens is 531 g/mol. The molecule has 0 aliphatic carbocycles. The van der Waals surface area contributed by atoms with Crippen molar-refractivity contribution in [3.63, 3.8) is 0 Å². The number of aryl methyl sites for hydroxylation is 4. The first kappa shape index (κ1) is 31.9. The summed E-state index contributed by atoms with van der Waals surface area (Å²) in [6.07, 6.45) is -6.41. The maximum atomic E-state index is 13.6. The van der Waals surface area contributed by atoms with Crippen molar-refractivity contribution in [2.75, 3.05) is 12.4 Å². The van der Waals surface area contributed by atoms with E-state index in [0.29, 0.717) is 27.8 Å². The normalized spacial score (nSPS) is 12.7. The van der Waals surface area contributed by atoms with Gasteiger partial charge in [-0.15, -0.1) is 0 Å². The highest BCUT2D eigenvalue weighted by Crippen LogP contribution is 2.47. The monoisotopic (exact) mass is 569 g/mol. The lowest BCUT2D eigenvalue weighted by Gasteiger charge is -2.32. The van der Waals surface area contributed by atoms with Crippen LogP contribution < -0.4 is 5.32 Å². The number of anilines is 1. The third kappa shape index (κ3) is 6.81. The number of hydrogen-bond acceptors (Lipinski definition) is 4. The third-order valence-electron chi connectivity index (χ3n) is 7.28. The van der Waals surface area contributed by atoms with Crippen LogP contribution in [0.1, 0.15) is 65.8 Å². The van der Waals surface area contributed by atoms with E-state index in [1.807, 2.05) is 64.1 Å². The van der Waals surface area contributed by atoms with Gasteiger partial charge in [-0.1, -0.05) is 36.4 Å². The highest BCUT2D eigenvalue weighted by molar-refractivity contribution is 6.03. The van der Waals surface area contributed by atoms with E-state index in [0.717, 1.165) is 27.8 Å². The van der Waals surface area contributed by atoms with Gasteiger partial charge in [-0.3, -0.25) is 4.79 Å². The van der Waals surface area contributed by atoms with Crippen LogP contribution in [0.25, 0.3) is 22.3 Å². The second-order valence-electron chi connectivity index (χ2n) is 11.5. The molecule has 1 atom stereocenters. The minimum atomic E-state index is -5.13. The van der Waals surface area contributed by atoms with Crippen LogP contribution in [0.4, 0.5) is 18.9 Å². The summed E-state index contributed by atoms with van der Waals surface area (Å²) in [6.45, 7) is 16.5. The SMILES string of the molecule is COC(=O)C(OC(C)(C)C)c1c(C)c(NC(=O)C(F)(F)F)c(-c2ccc(C)c(C)c2)c(C)c1-c1ccc(C)c(C)c1. The summed E-state index contributed by atoms with van der Waals surface area (Å²) >= 11 is 0. The summed E-state index contributed by atoms with van der Waals surface area (Å²) in [5, 5.41) is 2.13. The fourth-order valence-corrected chi connectivity index (χ4v) is 4.90. The second kappa shape index (κ2) is 11.7. The number of nitrogens with one attached hydrogen (secondary N) is 1. The van der Waals surface area contributed by atoms with E-state index in [4.69, 9.17) is 9.47 Å². The van der Waals surface area contributed by atoms with Crippen LogP contribution >= 0.6 is 0 Å². The van der Waals surface area contributed by atoms with E-state index < -0.39 is 29.8 Å². The molecule has 0 aromatic heterocycles. The topological polar surface area (TPSA) is 64.6 Å². The standard InChI is InChI=1S/C33H38F3NO4/c1-17-11-13-23(15-19(17)3)25-21(5)26(24-14-12-18(2)20(4)16-24)28(37-31(39)33(34,35)36)22(6)27(25)29(30(38)40-10)41-32(7,8)9/h11-16,29H,1-10H3,(H,37,39). The number of esters is 1. The Morgan fingerprint density at radius 2 is 1.24 bits per heavy atom. The van der Waals surface area contributed by atoms with Gasteiger partial charge >= 0.3 is 18.1 Å². The van der Waals surface area contributed by atoms with E-state index in [9.17, 15) is 22.8 Å². The summed E-state index contributed by atoms with van der Waals surface area (Å²) in [4.78, 5) is 25.7. The van der Waals surface area contributed by atoms with Crippen molar-refractivity contribution in [3.8, 4) is 22.3 Å². The van der Waals surface area contributed by atoms with Crippen molar-refractivity contribution < 1.29 is 32.2 Å². The predicted octanol–water partition coefficient (Wildman–Crippen LogP) is 8.40. The molecule has 0 saturated carbocycles. The largest absolute Gasteiger partial charge is 0.471 e. The van der Waals surface area contributed by atoms with Gasteiger partial charge in [0.1, 0.15) is 0 Å². The van der Waals surface area contributed by atoms with Gasteiger partial charge < -0.3 is 14.8 Å². The number of methoxy groups -OCH3 is 1. The van der Waals surface area contributed by atoms with Crippen molar-refractivity contribution in [1.82, 2.24) is 0 Å². The van der Waals surface area contributed by atoms with Gasteiger partial charge in [0.05, 0.1) is 18.4 Å². The zero-order valence-electron chi connectivity index (χ0n) is 25.3. The van der Waals surface area contributed by atoms with Gasteiger partial charge in [-0.05, 0) is 112 Å². The fourth-order valence-electron chi connectivity index (χ4n) is 4.90. The number of halogens is 3. The van der Waals surface area contributed by atoms with Crippen LogP contribution in [-0.4, -0.2) is 30.8 Å². The molecule has 1 N–H and O–H groups in total. The molecule has 3 aromatic rings. The van der Waals surface area contributed by atoms with Gasteiger partial charge in [0, 0.05) is 11.1 Å². The van der Waals surface area contributed by atoms with Gasteiger partial charge in [-0.25, -0.2) is 4.79 Å². The van der Waals surface area contributed by atoms with Crippen molar-refractivity contribution in [2.45, 2.75) is 80.2 Å². The molecule has 41 heavy (non-hydrogen) atoms. The van der Waals surface area contributed by atoms with Crippen LogP contribution in [0, 0.1) is 41.5 Å². The minimum absolute atomic E-state index is 0.0397. The second-order valence-corrected chi connectivity index (χ2v) is 11.5. The molecule has 0 heterocycles. The summed E-state index contributed by atoms with van der Waals surface area (Å²) in [5.41, 5.74) is 6.79. The summed E-state index contributed by atoms with van der Waals surface area (Å²) in [6, 6.07) is 11.4. The number of rotatable bonds is 6. The molecule has 0 aliphatic heterocycles. The maximum absolute atomic E-state index is 13.6. The predicted molar refractivity (Wildman–Crippen MR) is 156 cm³/mol. The Labute approximate surface area is 240 Å². The summed E-state index contributed by atoms with van der Waals surface area (Å²) in [5.74, 6) is -2.82. The number of amides is 1. The number of alkyl halides is 3. The van der Waals surface area contributed by atoms with Crippen LogP contribution in [0.5, 0.6) is 0 Å². The molecule has 1 unspecified atom stereocenters. The quantitative estimate of drug-likeness (QED) is 0.303. The molecule has 1 amide bonds. The van der Waals surface area contributed by atoms with Crippen molar-refractivity contribution in [2.24, 2.45) is 0 Å². The fraction of sp³-hybridized carbons (Fsp3) is 0.394. The number of carbonyl (C=O) groups is 2. The first-order valence-electron chi connectivity index (χ1n) is 13.3. The zero-order valence-corrected chi connectivity index (χ0v) is 25.3. The lowest BCUT2D eigenvalue weighted by molar-refractivity contribution is -0.167. The highest BCUT2D eigenvalue weighted by Gasteiger charge is 2.41. The Balaban J connectivity index is 2.59. The van der Waals surface area contributed by atoms with E-state index in [1.165, 1.54) is 7.11 Å². The van der Waals surface area contributed by atoms with Gasteiger partial charge in [0.25, 0.3) is 0 Å². The smallest absolute Gasteiger partial charge is 0.467 e. The molecule has 3 rings (SSSR count). The van der Waals surface area contributed by atoms with Crippen molar-refractivity contribution in [1.29, 1.82) is 0 Å².